The molecule has 0 atom stereocenters. The molecule has 0 aliphatic heterocycles. The summed E-state index contributed by atoms with van der Waals surface area (Å²) >= 11 is 5.75. The maximum absolute atomic E-state index is 11.7. The molecule has 0 bridgehead atoms. The molecule has 1 aromatic rings. The number of carbonyl (C=O) groups is 1. The Morgan fingerprint density at radius 1 is 1.47 bits per heavy atom. The van der Waals surface area contributed by atoms with Gasteiger partial charge in [-0.2, -0.15) is 0 Å². The fourth-order valence-electron chi connectivity index (χ4n) is 1.25. The van der Waals surface area contributed by atoms with E-state index in [1.807, 2.05) is 0 Å². The van der Waals surface area contributed by atoms with Crippen molar-refractivity contribution in [1.29, 1.82) is 0 Å². The molecule has 1 rings (SSSR count). The van der Waals surface area contributed by atoms with Crippen LogP contribution in [0.2, 0.25) is 5.02 Å². The van der Waals surface area contributed by atoms with Crippen molar-refractivity contribution >= 4 is 33.0 Å². The van der Waals surface area contributed by atoms with E-state index in [1.165, 1.54) is 6.07 Å². The summed E-state index contributed by atoms with van der Waals surface area (Å²) in [5.74, 6) is -0.771. The number of non-ortho nitro benzene ring substituents is 1. The molecule has 1 N–H and O–H groups in total. The van der Waals surface area contributed by atoms with Gasteiger partial charge in [0.25, 0.3) is 11.6 Å². The van der Waals surface area contributed by atoms with Crippen LogP contribution < -0.4 is 5.32 Å². The second-order valence-corrected chi connectivity index (χ2v) is 6.47. The minimum atomic E-state index is -3.17. The Kier molecular flexibility index (Phi) is 4.84. The van der Waals surface area contributed by atoms with Gasteiger partial charge in [-0.25, -0.2) is 8.42 Å². The van der Waals surface area contributed by atoms with E-state index >= 15 is 0 Å². The Balaban J connectivity index is 2.75. The number of sulfone groups is 1. The molecular formula is C10H11ClN2O5S. The van der Waals surface area contributed by atoms with Gasteiger partial charge >= 0.3 is 0 Å². The van der Waals surface area contributed by atoms with Crippen molar-refractivity contribution in [1.82, 2.24) is 5.32 Å². The van der Waals surface area contributed by atoms with Crippen LogP contribution in [0.5, 0.6) is 0 Å². The number of nitrogens with zero attached hydrogens (tertiary/aromatic N) is 1. The number of nitro benzene ring substituents is 1. The second-order valence-electron chi connectivity index (χ2n) is 3.81. The molecule has 0 aromatic heterocycles. The molecule has 9 heteroatoms. The third-order valence-electron chi connectivity index (χ3n) is 2.17. The number of carbonyl (C=O) groups excluding carboxylic acids is 1. The number of benzene rings is 1. The average Bonchev–Trinajstić information content (AvgIpc) is 2.26. The summed E-state index contributed by atoms with van der Waals surface area (Å²) in [6, 6.07) is 3.43. The number of hydrogen-bond acceptors (Lipinski definition) is 5. The first-order chi connectivity index (χ1) is 8.70. The van der Waals surface area contributed by atoms with E-state index in [1.54, 1.807) is 0 Å². The maximum atomic E-state index is 11.7. The number of nitro groups is 1. The molecular weight excluding hydrogens is 296 g/mol. The zero-order chi connectivity index (χ0) is 14.6. The van der Waals surface area contributed by atoms with E-state index in [-0.39, 0.29) is 28.6 Å². The molecule has 0 heterocycles. The Labute approximate surface area is 114 Å². The van der Waals surface area contributed by atoms with E-state index in [0.717, 1.165) is 18.4 Å². The predicted molar refractivity (Wildman–Crippen MR) is 70.2 cm³/mol. The topological polar surface area (TPSA) is 106 Å². The summed E-state index contributed by atoms with van der Waals surface area (Å²) < 4.78 is 21.8. The fraction of sp³-hybridized carbons (Fsp3) is 0.300. The van der Waals surface area contributed by atoms with E-state index in [4.69, 9.17) is 11.6 Å². The zero-order valence-electron chi connectivity index (χ0n) is 9.92. The predicted octanol–water partition coefficient (Wildman–Crippen LogP) is 1.02. The van der Waals surface area contributed by atoms with Crippen molar-refractivity contribution in [3.8, 4) is 0 Å². The lowest BCUT2D eigenvalue weighted by molar-refractivity contribution is -0.384. The lowest BCUT2D eigenvalue weighted by Crippen LogP contribution is -2.28. The summed E-state index contributed by atoms with van der Waals surface area (Å²) in [6.07, 6.45) is 1.05. The molecule has 0 saturated carbocycles. The maximum Gasteiger partial charge on any atom is 0.270 e. The second kappa shape index (κ2) is 5.98. The van der Waals surface area contributed by atoms with E-state index in [9.17, 15) is 23.3 Å². The van der Waals surface area contributed by atoms with Crippen LogP contribution in [0.25, 0.3) is 0 Å². The summed E-state index contributed by atoms with van der Waals surface area (Å²) in [4.78, 5) is 21.5. The van der Waals surface area contributed by atoms with Gasteiger partial charge in [-0.3, -0.25) is 14.9 Å². The van der Waals surface area contributed by atoms with Gasteiger partial charge in [-0.1, -0.05) is 11.6 Å². The number of halogens is 1. The Bertz CT molecular complexity index is 614. The molecule has 0 spiro atoms. The summed E-state index contributed by atoms with van der Waals surface area (Å²) in [6.45, 7) is -0.0506. The zero-order valence-corrected chi connectivity index (χ0v) is 11.5. The van der Waals surface area contributed by atoms with Crippen molar-refractivity contribution in [2.75, 3.05) is 18.6 Å². The fourth-order valence-corrected chi connectivity index (χ4v) is 1.98. The molecule has 0 aliphatic carbocycles. The monoisotopic (exact) mass is 306 g/mol. The lowest BCUT2D eigenvalue weighted by Gasteiger charge is -2.05. The van der Waals surface area contributed by atoms with Crippen molar-refractivity contribution < 1.29 is 18.1 Å². The smallest absolute Gasteiger partial charge is 0.270 e. The first kappa shape index (κ1) is 15.4. The van der Waals surface area contributed by atoms with Crippen molar-refractivity contribution in [2.24, 2.45) is 0 Å². The van der Waals surface area contributed by atoms with Crippen LogP contribution in [0.4, 0.5) is 5.69 Å². The van der Waals surface area contributed by atoms with Crippen LogP contribution in [0.1, 0.15) is 10.4 Å². The quantitative estimate of drug-likeness (QED) is 0.645. The molecule has 1 aromatic carbocycles. The Morgan fingerprint density at radius 3 is 2.58 bits per heavy atom. The van der Waals surface area contributed by atoms with Gasteiger partial charge in [0, 0.05) is 24.9 Å². The molecule has 0 radical (unpaired) electrons. The van der Waals surface area contributed by atoms with Crippen LogP contribution in [-0.2, 0) is 9.84 Å². The van der Waals surface area contributed by atoms with E-state index < -0.39 is 20.7 Å². The normalized spacial score (nSPS) is 11.1. The standard InChI is InChI=1S/C10H11ClN2O5S/c1-19(17,18)5-4-12-10(14)8-3-2-7(13(15)16)6-9(8)11/h2-3,6H,4-5H2,1H3,(H,12,14). The first-order valence-electron chi connectivity index (χ1n) is 5.10. The minimum Gasteiger partial charge on any atom is -0.351 e. The summed E-state index contributed by atoms with van der Waals surface area (Å²) in [5, 5.41) is 12.8. The third kappa shape index (κ3) is 4.84. The molecule has 1 amide bonds. The molecule has 104 valence electrons. The number of amides is 1. The highest BCUT2D eigenvalue weighted by atomic mass is 35.5. The lowest BCUT2D eigenvalue weighted by atomic mass is 10.2. The highest BCUT2D eigenvalue weighted by Gasteiger charge is 2.15. The van der Waals surface area contributed by atoms with Gasteiger partial charge in [0.15, 0.2) is 0 Å². The summed E-state index contributed by atoms with van der Waals surface area (Å²) in [5.41, 5.74) is -0.168. The van der Waals surface area contributed by atoms with Crippen LogP contribution in [0.3, 0.4) is 0 Å². The SMILES string of the molecule is CS(=O)(=O)CCNC(=O)c1ccc([N+](=O)[O-])cc1Cl. The van der Waals surface area contributed by atoms with Crippen molar-refractivity contribution in [3.05, 3.63) is 38.9 Å². The van der Waals surface area contributed by atoms with Crippen molar-refractivity contribution in [2.45, 2.75) is 0 Å². The van der Waals surface area contributed by atoms with E-state index in [0.29, 0.717) is 0 Å². The highest BCUT2D eigenvalue weighted by Crippen LogP contribution is 2.22. The van der Waals surface area contributed by atoms with E-state index in [2.05, 4.69) is 5.32 Å². The van der Waals surface area contributed by atoms with Crippen LogP contribution >= 0.6 is 11.6 Å². The van der Waals surface area contributed by atoms with Gasteiger partial charge < -0.3 is 5.32 Å². The van der Waals surface area contributed by atoms with Crippen molar-refractivity contribution in [3.63, 3.8) is 0 Å². The minimum absolute atomic E-state index is 0.0506. The molecule has 7 nitrogen and oxygen atoms in total. The van der Waals surface area contributed by atoms with Crippen LogP contribution in [0.15, 0.2) is 18.2 Å². The summed E-state index contributed by atoms with van der Waals surface area (Å²) in [7, 11) is -3.17. The molecule has 0 saturated heterocycles. The van der Waals surface area contributed by atoms with Gasteiger partial charge in [-0.05, 0) is 6.07 Å². The molecule has 0 aliphatic rings. The molecule has 0 unspecified atom stereocenters. The average molecular weight is 307 g/mol. The van der Waals surface area contributed by atoms with Gasteiger partial charge in [0.1, 0.15) is 9.84 Å². The van der Waals surface area contributed by atoms with Gasteiger partial charge in [-0.15, -0.1) is 0 Å². The number of nitrogens with one attached hydrogen (secondary N) is 1. The molecule has 0 fully saturated rings. The highest BCUT2D eigenvalue weighted by molar-refractivity contribution is 7.90. The number of hydrogen-bond donors (Lipinski definition) is 1. The Hall–Kier alpha value is -1.67. The third-order valence-corrected chi connectivity index (χ3v) is 3.42. The van der Waals surface area contributed by atoms with Crippen LogP contribution in [-0.4, -0.2) is 37.8 Å². The van der Waals surface area contributed by atoms with Gasteiger partial charge in [0.05, 0.1) is 21.3 Å². The van der Waals surface area contributed by atoms with Gasteiger partial charge in [0.2, 0.25) is 0 Å². The first-order valence-corrected chi connectivity index (χ1v) is 7.54. The molecule has 19 heavy (non-hydrogen) atoms. The van der Waals surface area contributed by atoms with Crippen LogP contribution in [0, 0.1) is 10.1 Å². The Morgan fingerprint density at radius 2 is 2.11 bits per heavy atom. The number of rotatable bonds is 5. The largest absolute Gasteiger partial charge is 0.351 e.